The fourth-order valence-corrected chi connectivity index (χ4v) is 3.15. The number of H-pyrrole nitrogens is 1. The second-order valence-corrected chi connectivity index (χ2v) is 5.53. The molecule has 0 spiro atoms. The number of carbonyl (C=O) groups is 1. The summed E-state index contributed by atoms with van der Waals surface area (Å²) in [6.45, 7) is 3.57. The first-order valence-electron chi connectivity index (χ1n) is 7.24. The summed E-state index contributed by atoms with van der Waals surface area (Å²) >= 11 is 0. The standard InChI is InChI=1S/C16H21N3O2/c1-10(17-2)19-8-12(16(20)21-3)15-11-6-4-5-7-13(11)18-14(15)9-19/h4-7,10,12,17-18H,8-9H2,1-3H3. The second-order valence-electron chi connectivity index (χ2n) is 5.53. The van der Waals surface area contributed by atoms with E-state index in [2.05, 4.69) is 28.2 Å². The lowest BCUT2D eigenvalue weighted by atomic mass is 9.91. The lowest BCUT2D eigenvalue weighted by Crippen LogP contribution is -2.47. The van der Waals surface area contributed by atoms with Gasteiger partial charge in [-0.25, -0.2) is 0 Å². The fourth-order valence-electron chi connectivity index (χ4n) is 3.15. The minimum atomic E-state index is -0.245. The Bertz CT molecular complexity index is 665. The Hall–Kier alpha value is -1.85. The van der Waals surface area contributed by atoms with Gasteiger partial charge in [0.25, 0.3) is 0 Å². The third-order valence-electron chi connectivity index (χ3n) is 4.41. The SMILES string of the molecule is CNC(C)N1Cc2[nH]c3ccccc3c2C(C(=O)OC)C1. The third kappa shape index (κ3) is 2.32. The second kappa shape index (κ2) is 5.50. The van der Waals surface area contributed by atoms with Gasteiger partial charge in [0.05, 0.1) is 19.2 Å². The van der Waals surface area contributed by atoms with Gasteiger partial charge in [-0.1, -0.05) is 18.2 Å². The quantitative estimate of drug-likeness (QED) is 0.845. The van der Waals surface area contributed by atoms with Crippen molar-refractivity contribution in [2.75, 3.05) is 20.7 Å². The van der Waals surface area contributed by atoms with Crippen LogP contribution >= 0.6 is 0 Å². The van der Waals surface area contributed by atoms with Crippen LogP contribution in [0.4, 0.5) is 0 Å². The molecule has 21 heavy (non-hydrogen) atoms. The zero-order valence-electron chi connectivity index (χ0n) is 12.6. The molecule has 1 aromatic heterocycles. The lowest BCUT2D eigenvalue weighted by molar-refractivity contribution is -0.143. The summed E-state index contributed by atoms with van der Waals surface area (Å²) in [7, 11) is 3.38. The van der Waals surface area contributed by atoms with Crippen LogP contribution in [-0.2, 0) is 16.1 Å². The highest BCUT2D eigenvalue weighted by atomic mass is 16.5. The molecule has 5 heteroatoms. The number of aromatic nitrogens is 1. The molecule has 1 aliphatic heterocycles. The van der Waals surface area contributed by atoms with Crippen molar-refractivity contribution in [1.29, 1.82) is 0 Å². The fraction of sp³-hybridized carbons (Fsp3) is 0.438. The number of fused-ring (bicyclic) bond motifs is 3. The number of nitrogens with zero attached hydrogens (tertiary/aromatic N) is 1. The Morgan fingerprint density at radius 2 is 2.24 bits per heavy atom. The number of rotatable bonds is 3. The molecular formula is C16H21N3O2. The van der Waals surface area contributed by atoms with E-state index < -0.39 is 0 Å². The molecule has 0 aliphatic carbocycles. The van der Waals surface area contributed by atoms with Gasteiger partial charge in [0.1, 0.15) is 0 Å². The van der Waals surface area contributed by atoms with Crippen molar-refractivity contribution in [3.05, 3.63) is 35.5 Å². The number of benzene rings is 1. The van der Waals surface area contributed by atoms with Crippen LogP contribution in [0, 0.1) is 0 Å². The molecule has 2 aromatic rings. The molecule has 1 aliphatic rings. The number of esters is 1. The van der Waals surface area contributed by atoms with E-state index in [4.69, 9.17) is 4.74 Å². The van der Waals surface area contributed by atoms with Gasteiger partial charge in [0.2, 0.25) is 0 Å². The summed E-state index contributed by atoms with van der Waals surface area (Å²) in [5, 5.41) is 4.36. The van der Waals surface area contributed by atoms with Crippen molar-refractivity contribution >= 4 is 16.9 Å². The predicted octanol–water partition coefficient (Wildman–Crippen LogP) is 1.81. The van der Waals surface area contributed by atoms with E-state index in [9.17, 15) is 4.79 Å². The number of aromatic amines is 1. The number of ether oxygens (including phenoxy) is 1. The van der Waals surface area contributed by atoms with E-state index in [1.54, 1.807) is 0 Å². The van der Waals surface area contributed by atoms with E-state index in [0.29, 0.717) is 6.54 Å². The predicted molar refractivity (Wildman–Crippen MR) is 82.0 cm³/mol. The highest BCUT2D eigenvalue weighted by Crippen LogP contribution is 2.35. The topological polar surface area (TPSA) is 57.4 Å². The van der Waals surface area contributed by atoms with E-state index >= 15 is 0 Å². The number of methoxy groups -OCH3 is 1. The monoisotopic (exact) mass is 287 g/mol. The number of hydrogen-bond acceptors (Lipinski definition) is 4. The van der Waals surface area contributed by atoms with E-state index in [0.717, 1.165) is 28.7 Å². The molecule has 0 bridgehead atoms. The normalized spacial score (nSPS) is 20.2. The van der Waals surface area contributed by atoms with Crippen LogP contribution in [0.3, 0.4) is 0 Å². The van der Waals surface area contributed by atoms with Crippen molar-refractivity contribution < 1.29 is 9.53 Å². The van der Waals surface area contributed by atoms with Gasteiger partial charge in [-0.05, 0) is 25.6 Å². The van der Waals surface area contributed by atoms with Crippen LogP contribution in [0.1, 0.15) is 24.1 Å². The summed E-state index contributed by atoms with van der Waals surface area (Å²) in [6.07, 6.45) is 0.205. The highest BCUT2D eigenvalue weighted by Gasteiger charge is 2.35. The van der Waals surface area contributed by atoms with Gasteiger partial charge in [0, 0.05) is 29.7 Å². The van der Waals surface area contributed by atoms with Crippen molar-refractivity contribution in [2.24, 2.45) is 0 Å². The maximum atomic E-state index is 12.2. The zero-order valence-corrected chi connectivity index (χ0v) is 12.6. The maximum Gasteiger partial charge on any atom is 0.314 e. The smallest absolute Gasteiger partial charge is 0.314 e. The summed E-state index contributed by atoms with van der Waals surface area (Å²) in [5.41, 5.74) is 3.28. The Morgan fingerprint density at radius 3 is 2.95 bits per heavy atom. The zero-order chi connectivity index (χ0) is 15.0. The molecular weight excluding hydrogens is 266 g/mol. The molecule has 0 amide bonds. The van der Waals surface area contributed by atoms with E-state index in [1.165, 1.54) is 7.11 Å². The molecule has 2 heterocycles. The largest absolute Gasteiger partial charge is 0.469 e. The van der Waals surface area contributed by atoms with Crippen molar-refractivity contribution in [3.63, 3.8) is 0 Å². The highest BCUT2D eigenvalue weighted by molar-refractivity contribution is 5.91. The molecule has 3 rings (SSSR count). The molecule has 2 N–H and O–H groups in total. The Morgan fingerprint density at radius 1 is 1.48 bits per heavy atom. The molecule has 1 aromatic carbocycles. The minimum Gasteiger partial charge on any atom is -0.469 e. The molecule has 0 radical (unpaired) electrons. The Kier molecular flexibility index (Phi) is 3.69. The first kappa shape index (κ1) is 14.1. The number of hydrogen-bond donors (Lipinski definition) is 2. The van der Waals surface area contributed by atoms with Crippen LogP contribution < -0.4 is 5.32 Å². The molecule has 0 saturated heterocycles. The first-order chi connectivity index (χ1) is 10.2. The first-order valence-corrected chi connectivity index (χ1v) is 7.24. The Balaban J connectivity index is 2.10. The Labute approximate surface area is 124 Å². The van der Waals surface area contributed by atoms with Gasteiger partial charge >= 0.3 is 5.97 Å². The number of carbonyl (C=O) groups excluding carboxylic acids is 1. The van der Waals surface area contributed by atoms with E-state index in [1.807, 2.05) is 25.2 Å². The van der Waals surface area contributed by atoms with Gasteiger partial charge in [-0.3, -0.25) is 9.69 Å². The van der Waals surface area contributed by atoms with Gasteiger partial charge in [0.15, 0.2) is 0 Å². The van der Waals surface area contributed by atoms with Crippen molar-refractivity contribution in [3.8, 4) is 0 Å². The summed E-state index contributed by atoms with van der Waals surface area (Å²) < 4.78 is 5.03. The number of nitrogens with one attached hydrogen (secondary N) is 2. The van der Waals surface area contributed by atoms with E-state index in [-0.39, 0.29) is 18.1 Å². The van der Waals surface area contributed by atoms with Crippen molar-refractivity contribution in [1.82, 2.24) is 15.2 Å². The van der Waals surface area contributed by atoms with Gasteiger partial charge in [-0.15, -0.1) is 0 Å². The molecule has 2 atom stereocenters. The van der Waals surface area contributed by atoms with Crippen molar-refractivity contribution in [2.45, 2.75) is 25.6 Å². The third-order valence-corrected chi connectivity index (χ3v) is 4.41. The molecule has 5 nitrogen and oxygen atoms in total. The average molecular weight is 287 g/mol. The van der Waals surface area contributed by atoms with Crippen LogP contribution in [0.25, 0.3) is 10.9 Å². The van der Waals surface area contributed by atoms with Crippen LogP contribution in [0.15, 0.2) is 24.3 Å². The summed E-state index contributed by atoms with van der Waals surface area (Å²) in [5.74, 6) is -0.417. The molecule has 0 saturated carbocycles. The van der Waals surface area contributed by atoms with Crippen LogP contribution in [0.5, 0.6) is 0 Å². The minimum absolute atomic E-state index is 0.172. The molecule has 0 fully saturated rings. The van der Waals surface area contributed by atoms with Gasteiger partial charge < -0.3 is 15.0 Å². The molecule has 2 unspecified atom stereocenters. The number of para-hydroxylation sites is 1. The van der Waals surface area contributed by atoms with Gasteiger partial charge in [-0.2, -0.15) is 0 Å². The average Bonchev–Trinajstić information content (AvgIpc) is 2.90. The maximum absolute atomic E-state index is 12.2. The van der Waals surface area contributed by atoms with Crippen LogP contribution in [0.2, 0.25) is 0 Å². The molecule has 112 valence electrons. The van der Waals surface area contributed by atoms with Crippen LogP contribution in [-0.4, -0.2) is 42.7 Å². The summed E-state index contributed by atoms with van der Waals surface area (Å²) in [4.78, 5) is 18.0. The summed E-state index contributed by atoms with van der Waals surface area (Å²) in [6, 6.07) is 8.13. The lowest BCUT2D eigenvalue weighted by Gasteiger charge is -2.35.